The van der Waals surface area contributed by atoms with E-state index >= 15 is 0 Å². The normalized spacial score (nSPS) is 24.0. The van der Waals surface area contributed by atoms with Gasteiger partial charge in [-0.15, -0.1) is 0 Å². The van der Waals surface area contributed by atoms with Gasteiger partial charge in [0.25, 0.3) is 0 Å². The van der Waals surface area contributed by atoms with E-state index in [9.17, 15) is 0 Å². The molecule has 1 saturated heterocycles. The van der Waals surface area contributed by atoms with Crippen LogP contribution in [0.3, 0.4) is 0 Å². The maximum atomic E-state index is 5.71. The van der Waals surface area contributed by atoms with Crippen LogP contribution < -0.4 is 5.73 Å². The zero-order chi connectivity index (χ0) is 9.52. The van der Waals surface area contributed by atoms with E-state index in [1.54, 1.807) is 0 Å². The van der Waals surface area contributed by atoms with Crippen molar-refractivity contribution in [3.05, 3.63) is 0 Å². The highest BCUT2D eigenvalue weighted by atomic mass is 15.2. The zero-order valence-corrected chi connectivity index (χ0v) is 8.97. The van der Waals surface area contributed by atoms with Crippen molar-refractivity contribution in [2.75, 3.05) is 19.6 Å². The summed E-state index contributed by atoms with van der Waals surface area (Å²) in [6.07, 6.45) is 8.16. The summed E-state index contributed by atoms with van der Waals surface area (Å²) < 4.78 is 0. The monoisotopic (exact) mass is 184 g/mol. The molecule has 2 heteroatoms. The number of likely N-dealkylation sites (tertiary alicyclic amines) is 1. The van der Waals surface area contributed by atoms with Crippen LogP contribution in [0.25, 0.3) is 0 Å². The molecule has 0 saturated carbocycles. The molecule has 0 spiro atoms. The Bertz CT molecular complexity index is 125. The second-order valence-electron chi connectivity index (χ2n) is 4.13. The van der Waals surface area contributed by atoms with Crippen molar-refractivity contribution in [1.29, 1.82) is 0 Å². The van der Waals surface area contributed by atoms with E-state index in [1.807, 2.05) is 0 Å². The van der Waals surface area contributed by atoms with E-state index in [-0.39, 0.29) is 0 Å². The molecular weight excluding hydrogens is 160 g/mol. The summed E-state index contributed by atoms with van der Waals surface area (Å²) in [5.74, 6) is 0. The predicted molar refractivity (Wildman–Crippen MR) is 57.8 cm³/mol. The van der Waals surface area contributed by atoms with E-state index in [0.29, 0.717) is 6.04 Å². The Hall–Kier alpha value is -0.0800. The summed E-state index contributed by atoms with van der Waals surface area (Å²) in [6, 6.07) is 0.696. The minimum absolute atomic E-state index is 0.696. The van der Waals surface area contributed by atoms with Crippen molar-refractivity contribution in [1.82, 2.24) is 4.90 Å². The first kappa shape index (κ1) is 11.0. The van der Waals surface area contributed by atoms with Crippen LogP contribution in [-0.2, 0) is 0 Å². The first-order valence-corrected chi connectivity index (χ1v) is 5.82. The molecule has 1 aliphatic heterocycles. The number of unbranched alkanes of at least 4 members (excludes halogenated alkanes) is 3. The SMILES string of the molecule is CCCCCCN1CCCC1CN. The molecule has 13 heavy (non-hydrogen) atoms. The van der Waals surface area contributed by atoms with Crippen molar-refractivity contribution >= 4 is 0 Å². The average molecular weight is 184 g/mol. The van der Waals surface area contributed by atoms with Crippen molar-refractivity contribution in [3.8, 4) is 0 Å². The lowest BCUT2D eigenvalue weighted by molar-refractivity contribution is 0.252. The summed E-state index contributed by atoms with van der Waals surface area (Å²) >= 11 is 0. The topological polar surface area (TPSA) is 29.3 Å². The molecule has 0 bridgehead atoms. The Labute approximate surface area is 82.5 Å². The van der Waals surface area contributed by atoms with Crippen LogP contribution in [0.5, 0.6) is 0 Å². The molecule has 2 N–H and O–H groups in total. The standard InChI is InChI=1S/C11H24N2/c1-2-3-4-5-8-13-9-6-7-11(13)10-12/h11H,2-10,12H2,1H3. The fraction of sp³-hybridized carbons (Fsp3) is 1.00. The predicted octanol–water partition coefficient (Wildman–Crippen LogP) is 1.99. The summed E-state index contributed by atoms with van der Waals surface area (Å²) in [5, 5.41) is 0. The van der Waals surface area contributed by atoms with Crippen molar-refractivity contribution in [2.24, 2.45) is 5.73 Å². The summed E-state index contributed by atoms with van der Waals surface area (Å²) in [6.45, 7) is 5.68. The van der Waals surface area contributed by atoms with E-state index in [2.05, 4.69) is 11.8 Å². The minimum atomic E-state index is 0.696. The highest BCUT2D eigenvalue weighted by Crippen LogP contribution is 2.16. The Morgan fingerprint density at radius 2 is 2.15 bits per heavy atom. The molecule has 0 aromatic rings. The van der Waals surface area contributed by atoms with Gasteiger partial charge in [-0.3, -0.25) is 4.90 Å². The molecule has 1 fully saturated rings. The van der Waals surface area contributed by atoms with E-state index in [1.165, 1.54) is 51.6 Å². The first-order chi connectivity index (χ1) is 6.38. The molecule has 1 atom stereocenters. The second-order valence-corrected chi connectivity index (χ2v) is 4.13. The first-order valence-electron chi connectivity index (χ1n) is 5.82. The fourth-order valence-corrected chi connectivity index (χ4v) is 2.20. The highest BCUT2D eigenvalue weighted by Gasteiger charge is 2.21. The van der Waals surface area contributed by atoms with Crippen LogP contribution >= 0.6 is 0 Å². The fourth-order valence-electron chi connectivity index (χ4n) is 2.20. The average Bonchev–Trinajstić information content (AvgIpc) is 2.60. The van der Waals surface area contributed by atoms with E-state index < -0.39 is 0 Å². The third-order valence-corrected chi connectivity index (χ3v) is 3.07. The maximum absolute atomic E-state index is 5.71. The lowest BCUT2D eigenvalue weighted by Gasteiger charge is -2.22. The lowest BCUT2D eigenvalue weighted by atomic mass is 10.2. The van der Waals surface area contributed by atoms with Gasteiger partial charge in [0, 0.05) is 12.6 Å². The molecule has 0 aromatic heterocycles. The molecule has 0 aliphatic carbocycles. The second kappa shape index (κ2) is 6.39. The third-order valence-electron chi connectivity index (χ3n) is 3.07. The molecule has 0 amide bonds. The van der Waals surface area contributed by atoms with Gasteiger partial charge in [0.1, 0.15) is 0 Å². The lowest BCUT2D eigenvalue weighted by Crippen LogP contribution is -2.35. The van der Waals surface area contributed by atoms with Crippen molar-refractivity contribution in [2.45, 2.75) is 51.5 Å². The molecule has 78 valence electrons. The largest absolute Gasteiger partial charge is 0.329 e. The molecule has 0 aromatic carbocycles. The summed E-state index contributed by atoms with van der Waals surface area (Å²) in [7, 11) is 0. The van der Waals surface area contributed by atoms with Gasteiger partial charge in [-0.1, -0.05) is 26.2 Å². The minimum Gasteiger partial charge on any atom is -0.329 e. The maximum Gasteiger partial charge on any atom is 0.0218 e. The third kappa shape index (κ3) is 3.65. The summed E-state index contributed by atoms with van der Waals surface area (Å²) in [4.78, 5) is 2.58. The summed E-state index contributed by atoms with van der Waals surface area (Å²) in [5.41, 5.74) is 5.71. The Balaban J connectivity index is 2.06. The van der Waals surface area contributed by atoms with E-state index in [4.69, 9.17) is 5.73 Å². The smallest absolute Gasteiger partial charge is 0.0218 e. The number of nitrogens with two attached hydrogens (primary N) is 1. The number of hydrogen-bond acceptors (Lipinski definition) is 2. The van der Waals surface area contributed by atoms with Crippen LogP contribution in [-0.4, -0.2) is 30.6 Å². The van der Waals surface area contributed by atoms with Crippen LogP contribution in [0.2, 0.25) is 0 Å². The van der Waals surface area contributed by atoms with Crippen LogP contribution in [0.1, 0.15) is 45.4 Å². The van der Waals surface area contributed by atoms with Crippen molar-refractivity contribution < 1.29 is 0 Å². The zero-order valence-electron chi connectivity index (χ0n) is 8.97. The Morgan fingerprint density at radius 1 is 1.31 bits per heavy atom. The number of rotatable bonds is 6. The molecule has 0 radical (unpaired) electrons. The van der Waals surface area contributed by atoms with Gasteiger partial charge in [-0.25, -0.2) is 0 Å². The van der Waals surface area contributed by atoms with Gasteiger partial charge < -0.3 is 5.73 Å². The number of nitrogens with zero attached hydrogens (tertiary/aromatic N) is 1. The molecule has 1 heterocycles. The Kier molecular flexibility index (Phi) is 5.40. The van der Waals surface area contributed by atoms with Gasteiger partial charge in [0.15, 0.2) is 0 Å². The van der Waals surface area contributed by atoms with Gasteiger partial charge in [0.2, 0.25) is 0 Å². The van der Waals surface area contributed by atoms with Crippen LogP contribution in [0.4, 0.5) is 0 Å². The molecule has 2 nitrogen and oxygen atoms in total. The van der Waals surface area contributed by atoms with Gasteiger partial charge >= 0.3 is 0 Å². The molecular formula is C11H24N2. The van der Waals surface area contributed by atoms with Crippen LogP contribution in [0, 0.1) is 0 Å². The van der Waals surface area contributed by atoms with Gasteiger partial charge in [-0.05, 0) is 32.4 Å². The van der Waals surface area contributed by atoms with Gasteiger partial charge in [0.05, 0.1) is 0 Å². The van der Waals surface area contributed by atoms with Crippen LogP contribution in [0.15, 0.2) is 0 Å². The van der Waals surface area contributed by atoms with Crippen molar-refractivity contribution in [3.63, 3.8) is 0 Å². The Morgan fingerprint density at radius 3 is 2.85 bits per heavy atom. The van der Waals surface area contributed by atoms with Gasteiger partial charge in [-0.2, -0.15) is 0 Å². The highest BCUT2D eigenvalue weighted by molar-refractivity contribution is 4.79. The molecule has 1 rings (SSSR count). The number of hydrogen-bond donors (Lipinski definition) is 1. The molecule has 1 unspecified atom stereocenters. The quantitative estimate of drug-likeness (QED) is 0.640. The molecule has 1 aliphatic rings. The van der Waals surface area contributed by atoms with E-state index in [0.717, 1.165) is 6.54 Å².